The maximum absolute atomic E-state index is 13.1. The van der Waals surface area contributed by atoms with Gasteiger partial charge in [0.15, 0.2) is 11.5 Å². The zero-order valence-corrected chi connectivity index (χ0v) is 18.5. The molecular weight excluding hydrogens is 404 g/mol. The highest BCUT2D eigenvalue weighted by atomic mass is 16.5. The minimum Gasteiger partial charge on any atom is -0.493 e. The molecule has 2 amide bonds. The highest BCUT2D eigenvalue weighted by Crippen LogP contribution is 2.28. The summed E-state index contributed by atoms with van der Waals surface area (Å²) < 4.78 is 10.6. The zero-order chi connectivity index (χ0) is 22.5. The fraction of sp³-hybridized carbons (Fsp3) is 0.308. The molecular formula is C26H28N2O4. The van der Waals surface area contributed by atoms with Crippen molar-refractivity contribution in [1.82, 2.24) is 9.80 Å². The van der Waals surface area contributed by atoms with Crippen molar-refractivity contribution in [2.45, 2.75) is 12.8 Å². The number of hydrogen-bond acceptors (Lipinski definition) is 4. The molecule has 6 heteroatoms. The van der Waals surface area contributed by atoms with Gasteiger partial charge in [-0.2, -0.15) is 0 Å². The molecule has 0 atom stereocenters. The molecule has 0 aromatic heterocycles. The average molecular weight is 433 g/mol. The number of fused-ring (bicyclic) bond motifs is 1. The Morgan fingerprint density at radius 1 is 0.812 bits per heavy atom. The number of carbonyl (C=O) groups is 2. The molecule has 4 rings (SSSR count). The van der Waals surface area contributed by atoms with Crippen molar-refractivity contribution in [1.29, 1.82) is 0 Å². The minimum atomic E-state index is 0.0271. The van der Waals surface area contributed by atoms with Gasteiger partial charge >= 0.3 is 0 Å². The summed E-state index contributed by atoms with van der Waals surface area (Å²) in [6, 6.07) is 19.5. The third-order valence-electron chi connectivity index (χ3n) is 6.02. The predicted octanol–water partition coefficient (Wildman–Crippen LogP) is 3.77. The van der Waals surface area contributed by atoms with Gasteiger partial charge in [0.2, 0.25) is 5.91 Å². The molecule has 0 radical (unpaired) electrons. The summed E-state index contributed by atoms with van der Waals surface area (Å²) in [4.78, 5) is 29.6. The second-order valence-corrected chi connectivity index (χ2v) is 7.89. The van der Waals surface area contributed by atoms with E-state index in [9.17, 15) is 9.59 Å². The number of hydrogen-bond donors (Lipinski definition) is 0. The first-order valence-corrected chi connectivity index (χ1v) is 10.9. The topological polar surface area (TPSA) is 59.1 Å². The van der Waals surface area contributed by atoms with Crippen LogP contribution >= 0.6 is 0 Å². The Labute approximate surface area is 188 Å². The number of ether oxygens (including phenoxy) is 2. The van der Waals surface area contributed by atoms with Crippen molar-refractivity contribution in [2.75, 3.05) is 40.4 Å². The number of piperazine rings is 1. The van der Waals surface area contributed by atoms with Gasteiger partial charge in [-0.1, -0.05) is 42.5 Å². The number of rotatable bonds is 6. The van der Waals surface area contributed by atoms with E-state index in [2.05, 4.69) is 0 Å². The van der Waals surface area contributed by atoms with E-state index in [1.54, 1.807) is 14.2 Å². The third-order valence-corrected chi connectivity index (χ3v) is 6.02. The number of benzene rings is 3. The van der Waals surface area contributed by atoms with E-state index in [0.29, 0.717) is 50.5 Å². The molecule has 1 saturated heterocycles. The van der Waals surface area contributed by atoms with E-state index in [-0.39, 0.29) is 11.8 Å². The van der Waals surface area contributed by atoms with E-state index >= 15 is 0 Å². The highest BCUT2D eigenvalue weighted by molar-refractivity contribution is 6.07. The number of amides is 2. The lowest BCUT2D eigenvalue weighted by Crippen LogP contribution is -2.50. The molecule has 0 spiro atoms. The molecule has 0 unspecified atom stereocenters. The van der Waals surface area contributed by atoms with Gasteiger partial charge in [0.05, 0.1) is 14.2 Å². The molecule has 32 heavy (non-hydrogen) atoms. The van der Waals surface area contributed by atoms with Gasteiger partial charge < -0.3 is 19.3 Å². The van der Waals surface area contributed by atoms with Gasteiger partial charge in [0, 0.05) is 38.2 Å². The van der Waals surface area contributed by atoms with Crippen molar-refractivity contribution < 1.29 is 19.1 Å². The van der Waals surface area contributed by atoms with Crippen molar-refractivity contribution in [3.05, 3.63) is 71.8 Å². The van der Waals surface area contributed by atoms with Crippen molar-refractivity contribution in [3.8, 4) is 11.5 Å². The second-order valence-electron chi connectivity index (χ2n) is 7.89. The summed E-state index contributed by atoms with van der Waals surface area (Å²) in [7, 11) is 3.21. The van der Waals surface area contributed by atoms with E-state index in [1.807, 2.05) is 70.5 Å². The molecule has 3 aromatic carbocycles. The Balaban J connectivity index is 1.33. The molecule has 0 N–H and O–H groups in total. The first kappa shape index (κ1) is 21.7. The highest BCUT2D eigenvalue weighted by Gasteiger charge is 2.25. The van der Waals surface area contributed by atoms with Crippen molar-refractivity contribution >= 4 is 22.6 Å². The zero-order valence-electron chi connectivity index (χ0n) is 18.5. The van der Waals surface area contributed by atoms with Gasteiger partial charge in [-0.15, -0.1) is 0 Å². The third kappa shape index (κ3) is 4.54. The smallest absolute Gasteiger partial charge is 0.254 e. The molecule has 1 heterocycles. The second kappa shape index (κ2) is 9.73. The summed E-state index contributed by atoms with van der Waals surface area (Å²) in [5, 5.41) is 2.02. The molecule has 3 aromatic rings. The minimum absolute atomic E-state index is 0.0271. The van der Waals surface area contributed by atoms with Gasteiger partial charge in [0.1, 0.15) is 0 Å². The molecule has 1 fully saturated rings. The Hall–Kier alpha value is -3.54. The Bertz CT molecular complexity index is 1110. The van der Waals surface area contributed by atoms with Crippen LogP contribution < -0.4 is 9.47 Å². The number of aryl methyl sites for hydroxylation is 1. The van der Waals surface area contributed by atoms with Crippen LogP contribution in [0.4, 0.5) is 0 Å². The quantitative estimate of drug-likeness (QED) is 0.595. The number of nitrogens with zero attached hydrogens (tertiary/aromatic N) is 2. The van der Waals surface area contributed by atoms with Crippen LogP contribution in [0.5, 0.6) is 11.5 Å². The summed E-state index contributed by atoms with van der Waals surface area (Å²) >= 11 is 0. The standard InChI is InChI=1S/C26H28N2O4/c1-31-23-12-10-19(18-24(23)32-2)11-13-25(29)27-14-16-28(17-15-27)26(30)22-9-5-7-20-6-3-4-8-21(20)22/h3-10,12,18H,11,13-17H2,1-2H3. The average Bonchev–Trinajstić information content (AvgIpc) is 2.86. The predicted molar refractivity (Wildman–Crippen MR) is 124 cm³/mol. The lowest BCUT2D eigenvalue weighted by atomic mass is 10.0. The molecule has 1 aliphatic heterocycles. The van der Waals surface area contributed by atoms with E-state index in [4.69, 9.17) is 9.47 Å². The van der Waals surface area contributed by atoms with Gasteiger partial charge in [0.25, 0.3) is 5.91 Å². The fourth-order valence-electron chi connectivity index (χ4n) is 4.19. The maximum Gasteiger partial charge on any atom is 0.254 e. The summed E-state index contributed by atoms with van der Waals surface area (Å²) in [6.45, 7) is 2.21. The van der Waals surface area contributed by atoms with Gasteiger partial charge in [-0.3, -0.25) is 9.59 Å². The lowest BCUT2D eigenvalue weighted by molar-refractivity contribution is -0.132. The largest absolute Gasteiger partial charge is 0.493 e. The molecule has 0 saturated carbocycles. The summed E-state index contributed by atoms with van der Waals surface area (Å²) in [6.07, 6.45) is 1.06. The van der Waals surface area contributed by atoms with E-state index in [0.717, 1.165) is 21.9 Å². The van der Waals surface area contributed by atoms with Crippen LogP contribution in [0.2, 0.25) is 0 Å². The van der Waals surface area contributed by atoms with Gasteiger partial charge in [-0.25, -0.2) is 0 Å². The van der Waals surface area contributed by atoms with Crippen LogP contribution in [0.3, 0.4) is 0 Å². The van der Waals surface area contributed by atoms with Crippen LogP contribution in [-0.2, 0) is 11.2 Å². The fourth-order valence-corrected chi connectivity index (χ4v) is 4.19. The normalized spacial score (nSPS) is 13.8. The molecule has 1 aliphatic rings. The molecule has 0 aliphatic carbocycles. The number of methoxy groups -OCH3 is 2. The molecule has 6 nitrogen and oxygen atoms in total. The Morgan fingerprint density at radius 2 is 1.50 bits per heavy atom. The first-order chi connectivity index (χ1) is 15.6. The van der Waals surface area contributed by atoms with E-state index < -0.39 is 0 Å². The number of carbonyl (C=O) groups excluding carboxylic acids is 2. The van der Waals surface area contributed by atoms with Crippen LogP contribution in [-0.4, -0.2) is 62.0 Å². The van der Waals surface area contributed by atoms with Crippen LogP contribution in [0.1, 0.15) is 22.3 Å². The maximum atomic E-state index is 13.1. The first-order valence-electron chi connectivity index (χ1n) is 10.9. The molecule has 0 bridgehead atoms. The van der Waals surface area contributed by atoms with Crippen molar-refractivity contribution in [3.63, 3.8) is 0 Å². The van der Waals surface area contributed by atoms with Crippen LogP contribution in [0.15, 0.2) is 60.7 Å². The Kier molecular flexibility index (Phi) is 6.59. The summed E-state index contributed by atoms with van der Waals surface area (Å²) in [5.41, 5.74) is 1.75. The van der Waals surface area contributed by atoms with Crippen LogP contribution in [0, 0.1) is 0 Å². The summed E-state index contributed by atoms with van der Waals surface area (Å²) in [5.74, 6) is 1.48. The van der Waals surface area contributed by atoms with Crippen LogP contribution in [0.25, 0.3) is 10.8 Å². The lowest BCUT2D eigenvalue weighted by Gasteiger charge is -2.35. The van der Waals surface area contributed by atoms with E-state index in [1.165, 1.54) is 0 Å². The monoisotopic (exact) mass is 432 g/mol. The van der Waals surface area contributed by atoms with Gasteiger partial charge in [-0.05, 0) is 41.0 Å². The SMILES string of the molecule is COc1ccc(CCC(=O)N2CCN(C(=O)c3cccc4ccccc34)CC2)cc1OC. The molecule has 166 valence electrons. The van der Waals surface area contributed by atoms with Crippen molar-refractivity contribution in [2.24, 2.45) is 0 Å². The Morgan fingerprint density at radius 3 is 2.25 bits per heavy atom.